The summed E-state index contributed by atoms with van der Waals surface area (Å²) in [6, 6.07) is 0.852. The number of fused-ring (bicyclic) bond motifs is 6. The molecule has 0 atom stereocenters. The third kappa shape index (κ3) is 7.30. The van der Waals surface area contributed by atoms with Crippen molar-refractivity contribution in [2.45, 2.75) is 12.5 Å². The van der Waals surface area contributed by atoms with Crippen molar-refractivity contribution >= 4 is 14.8 Å². The van der Waals surface area contributed by atoms with E-state index in [1.165, 1.54) is 0 Å². The van der Waals surface area contributed by atoms with Crippen molar-refractivity contribution < 1.29 is 27.7 Å². The number of carboxylic acid groups (broad SMARTS) is 1. The van der Waals surface area contributed by atoms with Crippen molar-refractivity contribution in [2.24, 2.45) is 0 Å². The molecule has 1 N–H and O–H groups in total. The van der Waals surface area contributed by atoms with Crippen molar-refractivity contribution in [1.82, 2.24) is 9.80 Å². The van der Waals surface area contributed by atoms with Crippen LogP contribution in [0, 0.1) is 0 Å². The Hall–Kier alpha value is -0.553. The highest BCUT2D eigenvalue weighted by molar-refractivity contribution is 6.60. The zero-order valence-corrected chi connectivity index (χ0v) is 16.9. The van der Waals surface area contributed by atoms with Crippen LogP contribution in [0.15, 0.2) is 0 Å². The van der Waals surface area contributed by atoms with Gasteiger partial charge in [-0.15, -0.1) is 0 Å². The molecule has 3 aliphatic rings. The van der Waals surface area contributed by atoms with Gasteiger partial charge < -0.3 is 27.8 Å². The molecule has 3 fully saturated rings. The number of hydrogen-bond acceptors (Lipinski definition) is 6. The summed E-state index contributed by atoms with van der Waals surface area (Å²) < 4.78 is 18.6. The van der Waals surface area contributed by atoms with E-state index in [1.807, 2.05) is 14.1 Å². The first-order chi connectivity index (χ1) is 11.8. The Kier molecular flexibility index (Phi) is 7.81. The number of likely N-dealkylation sites (N-methyl/N-ethyl adjacent to an activating group) is 2. The van der Waals surface area contributed by atoms with E-state index in [1.54, 1.807) is 0 Å². The van der Waals surface area contributed by atoms with Gasteiger partial charge >= 0.3 is 14.8 Å². The van der Waals surface area contributed by atoms with Crippen LogP contribution < -0.4 is 0 Å². The number of rotatable bonds is 9. The fourth-order valence-corrected chi connectivity index (χ4v) is 5.71. The van der Waals surface area contributed by atoms with Gasteiger partial charge in [0.2, 0.25) is 0 Å². The van der Waals surface area contributed by atoms with E-state index in [-0.39, 0.29) is 6.54 Å². The lowest BCUT2D eigenvalue weighted by atomic mass is 10.3. The Bertz CT molecular complexity index is 411. The number of aliphatic carboxylic acids is 1. The second-order valence-electron chi connectivity index (χ2n) is 7.69. The number of carbonyl (C=O) groups is 1. The lowest BCUT2D eigenvalue weighted by Crippen LogP contribution is -2.55. The van der Waals surface area contributed by atoms with Gasteiger partial charge in [0.1, 0.15) is 0 Å². The summed E-state index contributed by atoms with van der Waals surface area (Å²) in [5.41, 5.74) is 0. The van der Waals surface area contributed by atoms with Gasteiger partial charge in [-0.1, -0.05) is 0 Å². The Morgan fingerprint density at radius 2 is 1.68 bits per heavy atom. The molecule has 0 aromatic carbocycles. The summed E-state index contributed by atoms with van der Waals surface area (Å²) in [4.78, 5) is 15.5. The Labute approximate surface area is 152 Å². The average Bonchev–Trinajstić information content (AvgIpc) is 2.44. The molecule has 0 aliphatic carbocycles. The van der Waals surface area contributed by atoms with Crippen LogP contribution >= 0.6 is 0 Å². The normalized spacial score (nSPS) is 27.8. The number of hydrogen-bond donors (Lipinski definition) is 1. The quantitative estimate of drug-likeness (QED) is 0.441. The molecule has 3 rings (SSSR count). The molecule has 3 saturated heterocycles. The van der Waals surface area contributed by atoms with E-state index >= 15 is 0 Å². The van der Waals surface area contributed by atoms with Crippen LogP contribution in [0.2, 0.25) is 6.04 Å². The second-order valence-corrected chi connectivity index (χ2v) is 10.4. The van der Waals surface area contributed by atoms with Crippen molar-refractivity contribution in [3.05, 3.63) is 0 Å². The molecule has 0 radical (unpaired) electrons. The number of carboxylic acids is 1. The van der Waals surface area contributed by atoms with Gasteiger partial charge in [0, 0.05) is 32.2 Å². The minimum atomic E-state index is -2.51. The minimum absolute atomic E-state index is 0.149. The summed E-state index contributed by atoms with van der Waals surface area (Å²) in [7, 11) is 3.48. The molecule has 146 valence electrons. The molecule has 25 heavy (non-hydrogen) atoms. The van der Waals surface area contributed by atoms with Crippen LogP contribution in [-0.4, -0.2) is 121 Å². The second kappa shape index (κ2) is 9.40. The van der Waals surface area contributed by atoms with Crippen LogP contribution in [-0.2, 0) is 18.1 Å². The molecule has 3 heterocycles. The smallest absolute Gasteiger partial charge is 0.477 e. The molecule has 0 saturated carbocycles. The van der Waals surface area contributed by atoms with Crippen molar-refractivity contribution in [3.63, 3.8) is 0 Å². The summed E-state index contributed by atoms with van der Waals surface area (Å²) in [5, 5.41) is 8.96. The Balaban J connectivity index is 1.72. The highest BCUT2D eigenvalue weighted by atomic mass is 28.4. The van der Waals surface area contributed by atoms with Gasteiger partial charge in [-0.2, -0.15) is 0 Å². The number of nitrogens with zero attached hydrogens (tertiary/aromatic N) is 3. The number of quaternary nitrogens is 1. The van der Waals surface area contributed by atoms with Crippen LogP contribution in [0.3, 0.4) is 0 Å². The molecular weight excluding hydrogens is 342 g/mol. The molecule has 8 nitrogen and oxygen atoms in total. The lowest BCUT2D eigenvalue weighted by Gasteiger charge is -2.38. The molecular formula is C16H34N3O5Si+. The van der Waals surface area contributed by atoms with Crippen LogP contribution in [0.4, 0.5) is 0 Å². The maximum Gasteiger partial charge on any atom is 0.501 e. The molecule has 3 aliphatic heterocycles. The predicted octanol–water partition coefficient (Wildman–Crippen LogP) is -0.213. The predicted molar refractivity (Wildman–Crippen MR) is 96.4 cm³/mol. The first-order valence-electron chi connectivity index (χ1n) is 9.17. The van der Waals surface area contributed by atoms with Crippen molar-refractivity contribution in [1.29, 1.82) is 0 Å². The zero-order valence-electron chi connectivity index (χ0n) is 15.9. The Morgan fingerprint density at radius 1 is 1.12 bits per heavy atom. The van der Waals surface area contributed by atoms with Crippen LogP contribution in [0.5, 0.6) is 0 Å². The SMILES string of the molecule is CN(CCC[Si]12OCCN(CCO1)CCO2)CC[N+](C)(C)CC(=O)O. The highest BCUT2D eigenvalue weighted by Gasteiger charge is 2.43. The van der Waals surface area contributed by atoms with E-state index in [0.717, 1.165) is 51.7 Å². The van der Waals surface area contributed by atoms with Gasteiger partial charge in [-0.05, 0) is 20.0 Å². The summed E-state index contributed by atoms with van der Waals surface area (Å²) in [6.07, 6.45) is 0.971. The van der Waals surface area contributed by atoms with Crippen LogP contribution in [0.1, 0.15) is 6.42 Å². The molecule has 0 amide bonds. The average molecular weight is 377 g/mol. The van der Waals surface area contributed by atoms with Crippen molar-refractivity contribution in [3.8, 4) is 0 Å². The molecule has 0 unspecified atom stereocenters. The van der Waals surface area contributed by atoms with Gasteiger partial charge in [0.25, 0.3) is 0 Å². The molecule has 0 aromatic heterocycles. The lowest BCUT2D eigenvalue weighted by molar-refractivity contribution is -0.882. The summed E-state index contributed by atoms with van der Waals surface area (Å²) >= 11 is 0. The first kappa shape index (κ1) is 20.8. The maximum atomic E-state index is 10.9. The van der Waals surface area contributed by atoms with E-state index in [9.17, 15) is 4.79 Å². The molecule has 9 heteroatoms. The highest BCUT2D eigenvalue weighted by Crippen LogP contribution is 2.22. The third-order valence-electron chi connectivity index (χ3n) is 4.86. The van der Waals surface area contributed by atoms with Gasteiger partial charge in [-0.25, -0.2) is 4.79 Å². The van der Waals surface area contributed by atoms with Crippen LogP contribution in [0.25, 0.3) is 0 Å². The first-order valence-corrected chi connectivity index (χ1v) is 11.1. The largest absolute Gasteiger partial charge is 0.501 e. The van der Waals surface area contributed by atoms with Gasteiger partial charge in [-0.3, -0.25) is 4.90 Å². The molecule has 0 aromatic rings. The van der Waals surface area contributed by atoms with Crippen molar-refractivity contribution in [2.75, 3.05) is 86.8 Å². The van der Waals surface area contributed by atoms with E-state index < -0.39 is 14.8 Å². The molecule has 0 spiro atoms. The van der Waals surface area contributed by atoms with E-state index in [0.29, 0.717) is 24.3 Å². The standard InChI is InChI=1S/C16H33N3O5Si/c1-17(6-10-19(2,3)15-16(20)21)5-4-14-25-22-11-7-18(8-12-23-25)9-13-24-25/h4-15H2,1-3H3/p+1. The zero-order chi connectivity index (χ0) is 18.3. The van der Waals surface area contributed by atoms with E-state index in [2.05, 4.69) is 16.8 Å². The minimum Gasteiger partial charge on any atom is -0.477 e. The monoisotopic (exact) mass is 376 g/mol. The van der Waals surface area contributed by atoms with Gasteiger partial charge in [0.15, 0.2) is 6.54 Å². The van der Waals surface area contributed by atoms with Gasteiger partial charge in [0.05, 0.1) is 40.5 Å². The third-order valence-corrected chi connectivity index (χ3v) is 7.76. The Morgan fingerprint density at radius 3 is 2.20 bits per heavy atom. The topological polar surface area (TPSA) is 71.5 Å². The maximum absolute atomic E-state index is 10.9. The van der Waals surface area contributed by atoms with E-state index in [4.69, 9.17) is 18.4 Å². The summed E-state index contributed by atoms with van der Waals surface area (Å²) in [5.74, 6) is -0.753. The fourth-order valence-electron chi connectivity index (χ4n) is 3.23. The fraction of sp³-hybridized carbons (Fsp3) is 0.938. The summed E-state index contributed by atoms with van der Waals surface area (Å²) in [6.45, 7) is 7.76. The molecule has 2 bridgehead atoms.